The number of hydrogen-bond donors (Lipinski definition) is 0. The Labute approximate surface area is 65.0 Å². The summed E-state index contributed by atoms with van der Waals surface area (Å²) >= 11 is 0. The fourth-order valence-corrected chi connectivity index (χ4v) is 2.09. The molecule has 0 amide bonds. The normalized spacial score (nSPS) is 34.8. The molecule has 0 aromatic carbocycles. The van der Waals surface area contributed by atoms with E-state index in [1.54, 1.807) is 0 Å². The summed E-state index contributed by atoms with van der Waals surface area (Å²) in [6, 6.07) is 0. The van der Waals surface area contributed by atoms with Gasteiger partial charge in [-0.15, -0.1) is 0 Å². The highest BCUT2D eigenvalue weighted by atomic mass is 14.3. The highest BCUT2D eigenvalue weighted by Gasteiger charge is 2.20. The van der Waals surface area contributed by atoms with E-state index in [1.165, 1.54) is 25.7 Å². The van der Waals surface area contributed by atoms with E-state index in [-0.39, 0.29) is 0 Å². The summed E-state index contributed by atoms with van der Waals surface area (Å²) in [6.07, 6.45) is 5.92. The van der Waals surface area contributed by atoms with Crippen molar-refractivity contribution in [3.63, 3.8) is 0 Å². The molecule has 10 heavy (non-hydrogen) atoms. The van der Waals surface area contributed by atoms with Crippen LogP contribution in [0.4, 0.5) is 0 Å². The van der Waals surface area contributed by atoms with E-state index in [4.69, 9.17) is 0 Å². The second kappa shape index (κ2) is 3.41. The predicted molar refractivity (Wildman–Crippen MR) is 46.0 cm³/mol. The molecule has 1 aliphatic rings. The summed E-state index contributed by atoms with van der Waals surface area (Å²) in [4.78, 5) is 0. The fourth-order valence-electron chi connectivity index (χ4n) is 2.09. The van der Waals surface area contributed by atoms with E-state index in [2.05, 4.69) is 20.8 Å². The Hall–Kier alpha value is 0. The first-order valence-electron chi connectivity index (χ1n) is 4.70. The van der Waals surface area contributed by atoms with Crippen molar-refractivity contribution in [2.24, 2.45) is 17.8 Å². The first-order valence-corrected chi connectivity index (χ1v) is 4.70. The van der Waals surface area contributed by atoms with Gasteiger partial charge in [-0.3, -0.25) is 0 Å². The highest BCUT2D eigenvalue weighted by molar-refractivity contribution is 4.72. The van der Waals surface area contributed by atoms with E-state index in [0.717, 1.165) is 17.8 Å². The lowest BCUT2D eigenvalue weighted by atomic mass is 9.77. The summed E-state index contributed by atoms with van der Waals surface area (Å²) in [5.41, 5.74) is 0. The standard InChI is InChI=1S/C10H20/c1-8(2)10-6-4-5-9(3)7-10/h8-10H,4-7H2,1-3H3/t9-,10+/m0/s1. The molecule has 0 unspecified atom stereocenters. The van der Waals surface area contributed by atoms with E-state index in [0.29, 0.717) is 0 Å². The molecule has 1 fully saturated rings. The molecule has 2 atom stereocenters. The monoisotopic (exact) mass is 140 g/mol. The second-order valence-corrected chi connectivity index (χ2v) is 4.28. The summed E-state index contributed by atoms with van der Waals surface area (Å²) < 4.78 is 0. The Bertz CT molecular complexity index is 94.2. The molecule has 0 aromatic heterocycles. The molecule has 0 aromatic rings. The van der Waals surface area contributed by atoms with Crippen molar-refractivity contribution in [2.45, 2.75) is 46.5 Å². The van der Waals surface area contributed by atoms with Crippen LogP contribution in [0.1, 0.15) is 46.5 Å². The van der Waals surface area contributed by atoms with E-state index >= 15 is 0 Å². The van der Waals surface area contributed by atoms with Crippen LogP contribution in [0.3, 0.4) is 0 Å². The molecule has 0 N–H and O–H groups in total. The Balaban J connectivity index is 2.32. The minimum absolute atomic E-state index is 0.919. The molecule has 1 aliphatic carbocycles. The molecule has 0 radical (unpaired) electrons. The number of rotatable bonds is 1. The maximum absolute atomic E-state index is 2.40. The molecule has 60 valence electrons. The minimum Gasteiger partial charge on any atom is -0.0625 e. The van der Waals surface area contributed by atoms with Gasteiger partial charge in [-0.05, 0) is 24.2 Å². The molecule has 1 rings (SSSR count). The van der Waals surface area contributed by atoms with Gasteiger partial charge in [-0.2, -0.15) is 0 Å². The van der Waals surface area contributed by atoms with Gasteiger partial charge in [0.2, 0.25) is 0 Å². The third kappa shape index (κ3) is 2.00. The maximum Gasteiger partial charge on any atom is -0.0389 e. The zero-order valence-electron chi connectivity index (χ0n) is 7.56. The van der Waals surface area contributed by atoms with Gasteiger partial charge < -0.3 is 0 Å². The van der Waals surface area contributed by atoms with Gasteiger partial charge in [0, 0.05) is 0 Å². The van der Waals surface area contributed by atoms with Crippen LogP contribution >= 0.6 is 0 Å². The van der Waals surface area contributed by atoms with Crippen molar-refractivity contribution in [3.05, 3.63) is 0 Å². The van der Waals surface area contributed by atoms with Gasteiger partial charge in [0.25, 0.3) is 0 Å². The molecule has 1 saturated carbocycles. The molecule has 0 nitrogen and oxygen atoms in total. The lowest BCUT2D eigenvalue weighted by molar-refractivity contribution is 0.226. The fraction of sp³-hybridized carbons (Fsp3) is 1.00. The third-order valence-corrected chi connectivity index (χ3v) is 2.92. The first-order chi connectivity index (χ1) is 4.70. The predicted octanol–water partition coefficient (Wildman–Crippen LogP) is 3.47. The van der Waals surface area contributed by atoms with Crippen LogP contribution in [0, 0.1) is 17.8 Å². The van der Waals surface area contributed by atoms with Crippen molar-refractivity contribution < 1.29 is 0 Å². The SMILES string of the molecule is CC(C)[C@@H]1CCC[C@H](C)C1. The third-order valence-electron chi connectivity index (χ3n) is 2.92. The quantitative estimate of drug-likeness (QED) is 0.523. The Morgan fingerprint density at radius 1 is 1.20 bits per heavy atom. The first kappa shape index (κ1) is 8.10. The van der Waals surface area contributed by atoms with E-state index in [9.17, 15) is 0 Å². The summed E-state index contributed by atoms with van der Waals surface area (Å²) in [5.74, 6) is 2.95. The summed E-state index contributed by atoms with van der Waals surface area (Å²) in [5, 5.41) is 0. The molecule has 0 bridgehead atoms. The highest BCUT2D eigenvalue weighted by Crippen LogP contribution is 2.32. The van der Waals surface area contributed by atoms with Gasteiger partial charge in [0.15, 0.2) is 0 Å². The lowest BCUT2D eigenvalue weighted by Gasteiger charge is -2.29. The average molecular weight is 140 g/mol. The second-order valence-electron chi connectivity index (χ2n) is 4.28. The average Bonchev–Trinajstić information content (AvgIpc) is 1.88. The molecule has 0 heteroatoms. The Morgan fingerprint density at radius 2 is 1.90 bits per heavy atom. The zero-order valence-corrected chi connectivity index (χ0v) is 7.56. The zero-order chi connectivity index (χ0) is 7.56. The molecular weight excluding hydrogens is 120 g/mol. The van der Waals surface area contributed by atoms with Gasteiger partial charge in [0.1, 0.15) is 0 Å². The van der Waals surface area contributed by atoms with Crippen molar-refractivity contribution >= 4 is 0 Å². The van der Waals surface area contributed by atoms with Crippen molar-refractivity contribution in [1.29, 1.82) is 0 Å². The lowest BCUT2D eigenvalue weighted by Crippen LogP contribution is -2.17. The van der Waals surface area contributed by atoms with E-state index < -0.39 is 0 Å². The van der Waals surface area contributed by atoms with Crippen LogP contribution in [0.25, 0.3) is 0 Å². The van der Waals surface area contributed by atoms with Crippen LogP contribution in [-0.4, -0.2) is 0 Å². The summed E-state index contributed by atoms with van der Waals surface area (Å²) in [7, 11) is 0. The maximum atomic E-state index is 2.40. The molecule has 0 spiro atoms. The van der Waals surface area contributed by atoms with Crippen molar-refractivity contribution in [3.8, 4) is 0 Å². The van der Waals surface area contributed by atoms with Crippen LogP contribution in [0.15, 0.2) is 0 Å². The van der Waals surface area contributed by atoms with Gasteiger partial charge in [0.05, 0.1) is 0 Å². The van der Waals surface area contributed by atoms with Crippen LogP contribution in [0.5, 0.6) is 0 Å². The van der Waals surface area contributed by atoms with Crippen molar-refractivity contribution in [2.75, 3.05) is 0 Å². The summed E-state index contributed by atoms with van der Waals surface area (Å²) in [6.45, 7) is 7.12. The van der Waals surface area contributed by atoms with Gasteiger partial charge in [-0.1, -0.05) is 40.0 Å². The Kier molecular flexibility index (Phi) is 2.76. The largest absolute Gasteiger partial charge is 0.0625 e. The minimum atomic E-state index is 0.919. The van der Waals surface area contributed by atoms with Crippen LogP contribution < -0.4 is 0 Å². The number of hydrogen-bond acceptors (Lipinski definition) is 0. The molecule has 0 heterocycles. The van der Waals surface area contributed by atoms with Gasteiger partial charge in [-0.25, -0.2) is 0 Å². The Morgan fingerprint density at radius 3 is 2.30 bits per heavy atom. The molecule has 0 aliphatic heterocycles. The van der Waals surface area contributed by atoms with Crippen LogP contribution in [0.2, 0.25) is 0 Å². The topological polar surface area (TPSA) is 0 Å². The molecule has 0 saturated heterocycles. The molecular formula is C10H20. The smallest absolute Gasteiger partial charge is 0.0389 e. The van der Waals surface area contributed by atoms with Gasteiger partial charge >= 0.3 is 0 Å². The van der Waals surface area contributed by atoms with Crippen LogP contribution in [-0.2, 0) is 0 Å². The van der Waals surface area contributed by atoms with E-state index in [1.807, 2.05) is 0 Å². The van der Waals surface area contributed by atoms with Crippen molar-refractivity contribution in [1.82, 2.24) is 0 Å².